The maximum Gasteiger partial charge on any atom is 0.174 e. The summed E-state index contributed by atoms with van der Waals surface area (Å²) in [4.78, 5) is 0. The van der Waals surface area contributed by atoms with E-state index in [0.29, 0.717) is 12.8 Å². The molecule has 96 valence electrons. The van der Waals surface area contributed by atoms with Gasteiger partial charge >= 0.3 is 0 Å². The summed E-state index contributed by atoms with van der Waals surface area (Å²) in [6, 6.07) is 0. The Bertz CT molecular complexity index is 260. The molecule has 0 saturated carbocycles. The molecule has 0 radical (unpaired) electrons. The molecule has 2 aliphatic heterocycles. The van der Waals surface area contributed by atoms with Crippen LogP contribution in [0.1, 0.15) is 26.7 Å². The molecule has 17 heavy (non-hydrogen) atoms. The summed E-state index contributed by atoms with van der Waals surface area (Å²) in [7, 11) is 0. The molecule has 0 aliphatic carbocycles. The molecule has 2 heterocycles. The molecular weight excluding hydrogens is 220 g/mol. The molecule has 2 fully saturated rings. The van der Waals surface area contributed by atoms with E-state index in [-0.39, 0.29) is 30.6 Å². The summed E-state index contributed by atoms with van der Waals surface area (Å²) >= 11 is 0. The lowest BCUT2D eigenvalue weighted by Crippen LogP contribution is -2.61. The molecule has 4 nitrogen and oxygen atoms in total. The van der Waals surface area contributed by atoms with Crippen molar-refractivity contribution in [2.75, 3.05) is 0 Å². The second-order valence-corrected chi connectivity index (χ2v) is 4.56. The molecule has 0 aromatic rings. The van der Waals surface area contributed by atoms with Crippen molar-refractivity contribution in [2.24, 2.45) is 5.41 Å². The van der Waals surface area contributed by atoms with Crippen LogP contribution < -0.4 is 0 Å². The van der Waals surface area contributed by atoms with Crippen LogP contribution in [-0.2, 0) is 18.9 Å². The highest BCUT2D eigenvalue weighted by Gasteiger charge is 2.55. The Kier molecular flexibility index (Phi) is 3.68. The van der Waals surface area contributed by atoms with Gasteiger partial charge in [0.1, 0.15) is 0 Å². The first-order valence-electron chi connectivity index (χ1n) is 5.96. The van der Waals surface area contributed by atoms with Gasteiger partial charge in [-0.15, -0.1) is 13.2 Å². The first kappa shape index (κ1) is 12.8. The van der Waals surface area contributed by atoms with E-state index in [0.717, 1.165) is 0 Å². The molecule has 0 unspecified atom stereocenters. The number of hydrogen-bond donors (Lipinski definition) is 0. The molecule has 0 amide bonds. The van der Waals surface area contributed by atoms with E-state index < -0.39 is 0 Å². The van der Waals surface area contributed by atoms with Crippen LogP contribution in [0.5, 0.6) is 0 Å². The minimum Gasteiger partial charge on any atom is -0.323 e. The van der Waals surface area contributed by atoms with Gasteiger partial charge in [-0.05, 0) is 26.7 Å². The lowest BCUT2D eigenvalue weighted by atomic mass is 9.78. The molecule has 2 rings (SSSR count). The zero-order valence-electron chi connectivity index (χ0n) is 10.4. The van der Waals surface area contributed by atoms with Crippen molar-refractivity contribution in [3.63, 3.8) is 0 Å². The lowest BCUT2D eigenvalue weighted by molar-refractivity contribution is -0.480. The average molecular weight is 240 g/mol. The first-order valence-corrected chi connectivity index (χ1v) is 5.96. The van der Waals surface area contributed by atoms with Crippen LogP contribution in [-0.4, -0.2) is 25.2 Å². The van der Waals surface area contributed by atoms with E-state index in [2.05, 4.69) is 13.2 Å². The number of rotatable bonds is 6. The Morgan fingerprint density at radius 3 is 1.47 bits per heavy atom. The molecule has 0 aromatic heterocycles. The van der Waals surface area contributed by atoms with Gasteiger partial charge in [0.25, 0.3) is 0 Å². The van der Waals surface area contributed by atoms with Crippen LogP contribution in [0.15, 0.2) is 25.3 Å². The van der Waals surface area contributed by atoms with Crippen molar-refractivity contribution in [1.82, 2.24) is 0 Å². The highest BCUT2D eigenvalue weighted by Crippen LogP contribution is 2.47. The SMILES string of the molecule is C=CCC(CC=C)(C1OC(C)O1)C1OC(C)O1. The summed E-state index contributed by atoms with van der Waals surface area (Å²) in [5, 5.41) is 0. The minimum atomic E-state index is -0.372. The van der Waals surface area contributed by atoms with Crippen LogP contribution >= 0.6 is 0 Å². The zero-order chi connectivity index (χ0) is 12.5. The highest BCUT2D eigenvalue weighted by atomic mass is 16.9. The third-order valence-corrected chi connectivity index (χ3v) is 3.25. The van der Waals surface area contributed by atoms with E-state index >= 15 is 0 Å². The van der Waals surface area contributed by atoms with Crippen molar-refractivity contribution in [2.45, 2.75) is 51.8 Å². The molecule has 0 spiro atoms. The maximum atomic E-state index is 5.62. The molecule has 0 atom stereocenters. The quantitative estimate of drug-likeness (QED) is 0.669. The van der Waals surface area contributed by atoms with Gasteiger partial charge in [0.05, 0.1) is 5.41 Å². The molecule has 0 aromatic carbocycles. The van der Waals surface area contributed by atoms with Crippen molar-refractivity contribution < 1.29 is 18.9 Å². The van der Waals surface area contributed by atoms with Crippen LogP contribution in [0.4, 0.5) is 0 Å². The summed E-state index contributed by atoms with van der Waals surface area (Å²) in [5.74, 6) is 0. The third kappa shape index (κ3) is 2.18. The summed E-state index contributed by atoms with van der Waals surface area (Å²) in [6.45, 7) is 11.3. The van der Waals surface area contributed by atoms with E-state index in [4.69, 9.17) is 18.9 Å². The highest BCUT2D eigenvalue weighted by molar-refractivity contribution is 4.99. The van der Waals surface area contributed by atoms with E-state index in [1.54, 1.807) is 0 Å². The van der Waals surface area contributed by atoms with Gasteiger partial charge in [0.2, 0.25) is 0 Å². The molecule has 2 aliphatic rings. The number of ether oxygens (including phenoxy) is 4. The molecular formula is C13H20O4. The Morgan fingerprint density at radius 1 is 0.882 bits per heavy atom. The van der Waals surface area contributed by atoms with E-state index in [9.17, 15) is 0 Å². The van der Waals surface area contributed by atoms with Gasteiger partial charge in [-0.3, -0.25) is 0 Å². The smallest absolute Gasteiger partial charge is 0.174 e. The largest absolute Gasteiger partial charge is 0.323 e. The predicted octanol–water partition coefficient (Wildman–Crippen LogP) is 2.56. The number of allylic oxidation sites excluding steroid dienone is 2. The van der Waals surface area contributed by atoms with Gasteiger partial charge < -0.3 is 18.9 Å². The summed E-state index contributed by atoms with van der Waals surface area (Å²) < 4.78 is 22.5. The van der Waals surface area contributed by atoms with Gasteiger partial charge in [0, 0.05) is 0 Å². The number of hydrogen-bond acceptors (Lipinski definition) is 4. The molecule has 2 saturated heterocycles. The Hall–Kier alpha value is -0.680. The Balaban J connectivity index is 2.12. The molecule has 0 bridgehead atoms. The standard InChI is InChI=1S/C13H20O4/c1-5-7-13(8-6-2,11-14-9(3)15-11)12-16-10(4)17-12/h5-6,9-12H,1-2,7-8H2,3-4H3. The van der Waals surface area contributed by atoms with Gasteiger partial charge in [0.15, 0.2) is 25.2 Å². The zero-order valence-corrected chi connectivity index (χ0v) is 10.4. The van der Waals surface area contributed by atoms with Crippen molar-refractivity contribution in [3.05, 3.63) is 25.3 Å². The van der Waals surface area contributed by atoms with Crippen LogP contribution in [0, 0.1) is 5.41 Å². The predicted molar refractivity (Wildman–Crippen MR) is 62.9 cm³/mol. The normalized spacial score (nSPS) is 36.8. The topological polar surface area (TPSA) is 36.9 Å². The third-order valence-electron chi connectivity index (χ3n) is 3.25. The van der Waals surface area contributed by atoms with E-state index in [1.807, 2.05) is 26.0 Å². The second-order valence-electron chi connectivity index (χ2n) is 4.56. The van der Waals surface area contributed by atoms with E-state index in [1.165, 1.54) is 0 Å². The van der Waals surface area contributed by atoms with Crippen molar-refractivity contribution in [3.8, 4) is 0 Å². The van der Waals surface area contributed by atoms with Gasteiger partial charge in [-0.25, -0.2) is 0 Å². The minimum absolute atomic E-state index is 0.161. The Morgan fingerprint density at radius 2 is 1.24 bits per heavy atom. The second kappa shape index (κ2) is 4.90. The summed E-state index contributed by atoms with van der Waals surface area (Å²) in [5.41, 5.74) is -0.372. The first-order chi connectivity index (χ1) is 8.12. The van der Waals surface area contributed by atoms with Crippen LogP contribution in [0.2, 0.25) is 0 Å². The summed E-state index contributed by atoms with van der Waals surface area (Å²) in [6.07, 6.45) is 4.14. The van der Waals surface area contributed by atoms with Crippen molar-refractivity contribution in [1.29, 1.82) is 0 Å². The van der Waals surface area contributed by atoms with Crippen LogP contribution in [0.25, 0.3) is 0 Å². The fourth-order valence-corrected chi connectivity index (χ4v) is 2.38. The van der Waals surface area contributed by atoms with Crippen molar-refractivity contribution >= 4 is 0 Å². The van der Waals surface area contributed by atoms with Gasteiger partial charge in [-0.2, -0.15) is 0 Å². The maximum absolute atomic E-state index is 5.62. The fraction of sp³-hybridized carbons (Fsp3) is 0.692. The van der Waals surface area contributed by atoms with Crippen LogP contribution in [0.3, 0.4) is 0 Å². The molecule has 4 heteroatoms. The molecule has 0 N–H and O–H groups in total. The monoisotopic (exact) mass is 240 g/mol. The average Bonchev–Trinajstić information content (AvgIpc) is 2.20. The Labute approximate surface area is 102 Å². The fourth-order valence-electron chi connectivity index (χ4n) is 2.38. The lowest BCUT2D eigenvalue weighted by Gasteiger charge is -2.53. The van der Waals surface area contributed by atoms with Gasteiger partial charge in [-0.1, -0.05) is 12.2 Å².